The minimum Gasteiger partial charge on any atom is -0.352 e. The number of unbranched alkanes of at least 4 members (excludes halogenated alkanes) is 1. The van der Waals surface area contributed by atoms with Crippen LogP contribution in [0.1, 0.15) is 52.4 Å². The summed E-state index contributed by atoms with van der Waals surface area (Å²) >= 11 is 1.79. The first-order valence-electron chi connectivity index (χ1n) is 7.37. The Kier molecular flexibility index (Phi) is 5.37. The molecule has 18 heavy (non-hydrogen) atoms. The maximum absolute atomic E-state index is 12.1. The van der Waals surface area contributed by atoms with E-state index in [0.717, 1.165) is 18.6 Å². The topological polar surface area (TPSA) is 41.1 Å². The lowest BCUT2D eigenvalue weighted by atomic mass is 10.00. The summed E-state index contributed by atoms with van der Waals surface area (Å²) < 4.78 is 0. The maximum atomic E-state index is 12.1. The molecule has 2 aliphatic rings. The molecule has 0 aliphatic carbocycles. The highest BCUT2D eigenvalue weighted by Gasteiger charge is 2.34. The predicted molar refractivity (Wildman–Crippen MR) is 77.9 cm³/mol. The van der Waals surface area contributed by atoms with Crippen LogP contribution >= 0.6 is 11.8 Å². The van der Waals surface area contributed by atoms with E-state index in [-0.39, 0.29) is 11.2 Å². The van der Waals surface area contributed by atoms with Crippen LogP contribution in [0.4, 0.5) is 0 Å². The molecule has 0 aromatic carbocycles. The molecule has 104 valence electrons. The molecule has 2 aliphatic heterocycles. The second kappa shape index (κ2) is 6.80. The van der Waals surface area contributed by atoms with Crippen molar-refractivity contribution < 1.29 is 4.79 Å². The van der Waals surface area contributed by atoms with Crippen molar-refractivity contribution in [1.82, 2.24) is 10.6 Å². The summed E-state index contributed by atoms with van der Waals surface area (Å²) in [6.45, 7) is 4.22. The number of rotatable bonds is 6. The fourth-order valence-corrected chi connectivity index (χ4v) is 4.00. The zero-order chi connectivity index (χ0) is 13.0. The van der Waals surface area contributed by atoms with Crippen molar-refractivity contribution in [3.05, 3.63) is 0 Å². The van der Waals surface area contributed by atoms with Crippen LogP contribution in [-0.4, -0.2) is 35.0 Å². The highest BCUT2D eigenvalue weighted by atomic mass is 32.2. The lowest BCUT2D eigenvalue weighted by Gasteiger charge is -2.30. The van der Waals surface area contributed by atoms with Gasteiger partial charge in [-0.25, -0.2) is 0 Å². The molecule has 0 aromatic heterocycles. The molecular weight excluding hydrogens is 244 g/mol. The Morgan fingerprint density at radius 2 is 2.06 bits per heavy atom. The standard InChI is InChI=1S/C14H26N2OS/c1-3-4-7-18-10(2)14(17)16-13-8-11-5-6-12(9-13)15-11/h10-13,15H,3-9H2,1-2H3,(H,16,17). The van der Waals surface area contributed by atoms with Gasteiger partial charge in [-0.2, -0.15) is 0 Å². The molecule has 2 heterocycles. The van der Waals surface area contributed by atoms with Crippen LogP contribution in [0, 0.1) is 0 Å². The Morgan fingerprint density at radius 3 is 2.67 bits per heavy atom. The first-order chi connectivity index (χ1) is 8.69. The van der Waals surface area contributed by atoms with Crippen LogP contribution in [0.15, 0.2) is 0 Å². The van der Waals surface area contributed by atoms with Crippen molar-refractivity contribution in [3.8, 4) is 0 Å². The van der Waals surface area contributed by atoms with Crippen molar-refractivity contribution in [3.63, 3.8) is 0 Å². The Morgan fingerprint density at radius 1 is 1.39 bits per heavy atom. The van der Waals surface area contributed by atoms with E-state index < -0.39 is 0 Å². The Balaban J connectivity index is 1.70. The van der Waals surface area contributed by atoms with Gasteiger partial charge in [-0.15, -0.1) is 11.8 Å². The smallest absolute Gasteiger partial charge is 0.233 e. The highest BCUT2D eigenvalue weighted by Crippen LogP contribution is 2.27. The van der Waals surface area contributed by atoms with E-state index in [1.165, 1.54) is 25.7 Å². The van der Waals surface area contributed by atoms with Crippen molar-refractivity contribution in [2.24, 2.45) is 0 Å². The normalized spacial score (nSPS) is 32.2. The number of hydrogen-bond donors (Lipinski definition) is 2. The molecule has 2 saturated heterocycles. The highest BCUT2D eigenvalue weighted by molar-refractivity contribution is 8.00. The molecule has 0 aromatic rings. The van der Waals surface area contributed by atoms with E-state index in [9.17, 15) is 4.79 Å². The Hall–Kier alpha value is -0.220. The van der Waals surface area contributed by atoms with Crippen LogP contribution in [0.2, 0.25) is 0 Å². The van der Waals surface area contributed by atoms with Crippen LogP contribution in [0.25, 0.3) is 0 Å². The monoisotopic (exact) mass is 270 g/mol. The molecule has 3 unspecified atom stereocenters. The van der Waals surface area contributed by atoms with Gasteiger partial charge < -0.3 is 10.6 Å². The molecule has 0 saturated carbocycles. The summed E-state index contributed by atoms with van der Waals surface area (Å²) in [6.07, 6.45) is 7.23. The van der Waals surface area contributed by atoms with Gasteiger partial charge in [-0.3, -0.25) is 4.79 Å². The largest absolute Gasteiger partial charge is 0.352 e. The molecular formula is C14H26N2OS. The van der Waals surface area contributed by atoms with Gasteiger partial charge in [-0.05, 0) is 44.8 Å². The van der Waals surface area contributed by atoms with Crippen molar-refractivity contribution in [2.45, 2.75) is 75.7 Å². The SMILES string of the molecule is CCCCSC(C)C(=O)NC1CC2CCC(C1)N2. The van der Waals surface area contributed by atoms with E-state index in [1.54, 1.807) is 11.8 Å². The van der Waals surface area contributed by atoms with Gasteiger partial charge in [-0.1, -0.05) is 13.3 Å². The molecule has 3 nitrogen and oxygen atoms in total. The number of piperidine rings is 1. The summed E-state index contributed by atoms with van der Waals surface area (Å²) in [7, 11) is 0. The van der Waals surface area contributed by atoms with E-state index in [4.69, 9.17) is 0 Å². The summed E-state index contributed by atoms with van der Waals surface area (Å²) in [6, 6.07) is 1.71. The van der Waals surface area contributed by atoms with Gasteiger partial charge in [0, 0.05) is 18.1 Å². The molecule has 0 radical (unpaired) electrons. The first-order valence-corrected chi connectivity index (χ1v) is 8.42. The molecule has 2 N–H and O–H groups in total. The lowest BCUT2D eigenvalue weighted by Crippen LogP contribution is -2.49. The van der Waals surface area contributed by atoms with Gasteiger partial charge in [0.15, 0.2) is 0 Å². The molecule has 3 atom stereocenters. The maximum Gasteiger partial charge on any atom is 0.233 e. The van der Waals surface area contributed by atoms with Crippen molar-refractivity contribution in [1.29, 1.82) is 0 Å². The molecule has 2 rings (SSSR count). The van der Waals surface area contributed by atoms with E-state index >= 15 is 0 Å². The number of hydrogen-bond acceptors (Lipinski definition) is 3. The van der Waals surface area contributed by atoms with Gasteiger partial charge in [0.2, 0.25) is 5.91 Å². The van der Waals surface area contributed by atoms with E-state index in [2.05, 4.69) is 17.6 Å². The molecule has 2 bridgehead atoms. The average molecular weight is 270 g/mol. The third kappa shape index (κ3) is 3.89. The molecule has 4 heteroatoms. The average Bonchev–Trinajstić information content (AvgIpc) is 2.69. The van der Waals surface area contributed by atoms with Gasteiger partial charge in [0.25, 0.3) is 0 Å². The zero-order valence-corrected chi connectivity index (χ0v) is 12.4. The number of fused-ring (bicyclic) bond motifs is 2. The second-order valence-electron chi connectivity index (χ2n) is 5.68. The summed E-state index contributed by atoms with van der Waals surface area (Å²) in [4.78, 5) is 12.1. The van der Waals surface area contributed by atoms with Crippen molar-refractivity contribution >= 4 is 17.7 Å². The molecule has 0 spiro atoms. The fraction of sp³-hybridized carbons (Fsp3) is 0.929. The van der Waals surface area contributed by atoms with Crippen LogP contribution in [-0.2, 0) is 4.79 Å². The minimum atomic E-state index is 0.101. The van der Waals surface area contributed by atoms with E-state index in [1.807, 2.05) is 6.92 Å². The number of nitrogens with one attached hydrogen (secondary N) is 2. The second-order valence-corrected chi connectivity index (χ2v) is 7.13. The Labute approximate surface area is 115 Å². The number of thioether (sulfide) groups is 1. The summed E-state index contributed by atoms with van der Waals surface area (Å²) in [5.41, 5.74) is 0. The third-order valence-corrected chi connectivity index (χ3v) is 5.29. The third-order valence-electron chi connectivity index (χ3n) is 4.05. The lowest BCUT2D eigenvalue weighted by molar-refractivity contribution is -0.121. The minimum absolute atomic E-state index is 0.101. The zero-order valence-electron chi connectivity index (χ0n) is 11.6. The van der Waals surface area contributed by atoms with Crippen molar-refractivity contribution in [2.75, 3.05) is 5.75 Å². The Bertz CT molecular complexity index is 273. The van der Waals surface area contributed by atoms with Crippen LogP contribution < -0.4 is 10.6 Å². The number of carbonyl (C=O) groups excluding carboxylic acids is 1. The van der Waals surface area contributed by atoms with E-state index in [0.29, 0.717) is 18.1 Å². The molecule has 2 fully saturated rings. The van der Waals surface area contributed by atoms with Crippen LogP contribution in [0.3, 0.4) is 0 Å². The van der Waals surface area contributed by atoms with Gasteiger partial charge >= 0.3 is 0 Å². The van der Waals surface area contributed by atoms with Gasteiger partial charge in [0.05, 0.1) is 5.25 Å². The summed E-state index contributed by atoms with van der Waals surface area (Å²) in [5.74, 6) is 1.34. The van der Waals surface area contributed by atoms with Gasteiger partial charge in [0.1, 0.15) is 0 Å². The first kappa shape index (κ1) is 14.2. The fourth-order valence-electron chi connectivity index (χ4n) is 2.97. The number of carbonyl (C=O) groups is 1. The number of amides is 1. The molecule has 1 amide bonds. The quantitative estimate of drug-likeness (QED) is 0.728. The van der Waals surface area contributed by atoms with Crippen LogP contribution in [0.5, 0.6) is 0 Å². The predicted octanol–water partition coefficient (Wildman–Crippen LogP) is 2.31. The summed E-state index contributed by atoms with van der Waals surface area (Å²) in [5, 5.41) is 6.96.